The average Bonchev–Trinajstić information content (AvgIpc) is 1.54. The summed E-state index contributed by atoms with van der Waals surface area (Å²) in [5, 5.41) is 0. The second kappa shape index (κ2) is 1.89. The zero-order valence-corrected chi connectivity index (χ0v) is 4.60. The normalized spacial score (nSPS) is 23.4. The van der Waals surface area contributed by atoms with Crippen molar-refractivity contribution < 1.29 is 27.8 Å². The number of hydrogen-bond acceptors (Lipinski definition) is 4. The van der Waals surface area contributed by atoms with Crippen LogP contribution in [-0.4, -0.2) is 18.2 Å². The van der Waals surface area contributed by atoms with E-state index in [4.69, 9.17) is 0 Å². The van der Waals surface area contributed by atoms with Gasteiger partial charge in [-0.2, -0.15) is 0 Å². The minimum atomic E-state index is -4.08. The zero-order chi connectivity index (χ0) is 7.78. The SMILES string of the molecule is O=C1CC(=O)OC(F)(F)O1. The smallest absolute Gasteiger partial charge is 0.366 e. The highest BCUT2D eigenvalue weighted by Gasteiger charge is 2.45. The van der Waals surface area contributed by atoms with Gasteiger partial charge in [0.25, 0.3) is 0 Å². The Morgan fingerprint density at radius 3 is 1.90 bits per heavy atom. The van der Waals surface area contributed by atoms with Gasteiger partial charge in [-0.25, -0.2) is 0 Å². The van der Waals surface area contributed by atoms with E-state index in [1.807, 2.05) is 0 Å². The second-order valence-electron chi connectivity index (χ2n) is 1.59. The lowest BCUT2D eigenvalue weighted by Crippen LogP contribution is -2.37. The third kappa shape index (κ3) is 1.40. The number of carbonyl (C=O) groups is 2. The number of ether oxygens (including phenoxy) is 2. The minimum absolute atomic E-state index is 0.754. The molecule has 1 aliphatic heterocycles. The lowest BCUT2D eigenvalue weighted by molar-refractivity contribution is -0.363. The number of alkyl halides is 2. The molecule has 0 spiro atoms. The minimum Gasteiger partial charge on any atom is -0.366 e. The van der Waals surface area contributed by atoms with Crippen LogP contribution in [0.2, 0.25) is 0 Å². The van der Waals surface area contributed by atoms with Crippen LogP contribution in [0.1, 0.15) is 6.42 Å². The van der Waals surface area contributed by atoms with E-state index < -0.39 is 24.7 Å². The van der Waals surface area contributed by atoms with E-state index >= 15 is 0 Å². The molecule has 6 heteroatoms. The highest BCUT2D eigenvalue weighted by molar-refractivity contribution is 5.92. The number of cyclic esters (lactones) is 2. The van der Waals surface area contributed by atoms with Crippen molar-refractivity contribution in [1.82, 2.24) is 0 Å². The summed E-state index contributed by atoms with van der Waals surface area (Å²) >= 11 is 0. The Labute approximate surface area is 53.7 Å². The fourth-order valence-electron chi connectivity index (χ4n) is 0.476. The lowest BCUT2D eigenvalue weighted by Gasteiger charge is -2.19. The molecule has 0 radical (unpaired) electrons. The Bertz CT molecular complexity index is 170. The molecule has 1 saturated heterocycles. The predicted octanol–water partition coefficient (Wildman–Crippen LogP) is 0.0268. The molecule has 0 amide bonds. The Morgan fingerprint density at radius 2 is 1.60 bits per heavy atom. The Balaban J connectivity index is 2.68. The van der Waals surface area contributed by atoms with E-state index in [9.17, 15) is 18.4 Å². The van der Waals surface area contributed by atoms with Crippen LogP contribution in [-0.2, 0) is 19.1 Å². The monoisotopic (exact) mass is 152 g/mol. The quantitative estimate of drug-likeness (QED) is 0.363. The lowest BCUT2D eigenvalue weighted by atomic mass is 10.4. The molecule has 1 heterocycles. The standard InChI is InChI=1S/C4H2F2O4/c5-4(6)9-2(7)1-3(8)10-4/h1H2. The van der Waals surface area contributed by atoms with E-state index in [0.29, 0.717) is 0 Å². The van der Waals surface area contributed by atoms with Crippen LogP contribution in [0.15, 0.2) is 0 Å². The summed E-state index contributed by atoms with van der Waals surface area (Å²) in [5.41, 5.74) is 0. The zero-order valence-electron chi connectivity index (χ0n) is 4.60. The first kappa shape index (κ1) is 6.91. The maximum absolute atomic E-state index is 11.8. The van der Waals surface area contributed by atoms with Gasteiger partial charge in [0.05, 0.1) is 0 Å². The van der Waals surface area contributed by atoms with Gasteiger partial charge in [-0.05, 0) is 0 Å². The second-order valence-corrected chi connectivity index (χ2v) is 1.59. The van der Waals surface area contributed by atoms with Crippen LogP contribution in [0.3, 0.4) is 0 Å². The Hall–Kier alpha value is -1.20. The van der Waals surface area contributed by atoms with Crippen molar-refractivity contribution in [2.75, 3.05) is 0 Å². The number of halogens is 2. The molecule has 1 rings (SSSR count). The van der Waals surface area contributed by atoms with Crippen LogP contribution in [0.5, 0.6) is 0 Å². The highest BCUT2D eigenvalue weighted by atomic mass is 19.3. The maximum Gasteiger partial charge on any atom is 0.590 e. The molecule has 0 aromatic carbocycles. The first-order chi connectivity index (χ1) is 4.49. The van der Waals surface area contributed by atoms with Gasteiger partial charge in [-0.3, -0.25) is 9.59 Å². The summed E-state index contributed by atoms with van der Waals surface area (Å²) < 4.78 is 30.3. The highest BCUT2D eigenvalue weighted by Crippen LogP contribution is 2.22. The van der Waals surface area contributed by atoms with Crippen molar-refractivity contribution in [2.24, 2.45) is 0 Å². The van der Waals surface area contributed by atoms with E-state index in [2.05, 4.69) is 9.47 Å². The van der Waals surface area contributed by atoms with Crippen molar-refractivity contribution in [3.63, 3.8) is 0 Å². The van der Waals surface area contributed by atoms with E-state index in [0.717, 1.165) is 0 Å². The molecule has 0 atom stereocenters. The van der Waals surface area contributed by atoms with Crippen LogP contribution in [0.25, 0.3) is 0 Å². The van der Waals surface area contributed by atoms with Gasteiger partial charge in [-0.1, -0.05) is 0 Å². The molecule has 0 saturated carbocycles. The molecule has 1 fully saturated rings. The maximum atomic E-state index is 11.8. The topological polar surface area (TPSA) is 52.6 Å². The van der Waals surface area contributed by atoms with Gasteiger partial charge in [0, 0.05) is 0 Å². The molecule has 0 aromatic heterocycles. The molecule has 4 nitrogen and oxygen atoms in total. The Kier molecular flexibility index (Phi) is 1.31. The van der Waals surface area contributed by atoms with Crippen molar-refractivity contribution in [1.29, 1.82) is 0 Å². The van der Waals surface area contributed by atoms with E-state index in [-0.39, 0.29) is 0 Å². The molecule has 0 N–H and O–H groups in total. The van der Waals surface area contributed by atoms with Crippen LogP contribution in [0, 0.1) is 0 Å². The average molecular weight is 152 g/mol. The summed E-state index contributed by atoms with van der Waals surface area (Å²) in [6.45, 7) is 0. The van der Waals surface area contributed by atoms with E-state index in [1.54, 1.807) is 0 Å². The van der Waals surface area contributed by atoms with Gasteiger partial charge < -0.3 is 9.47 Å². The fourth-order valence-corrected chi connectivity index (χ4v) is 0.476. The van der Waals surface area contributed by atoms with Crippen molar-refractivity contribution in [3.05, 3.63) is 0 Å². The van der Waals surface area contributed by atoms with Gasteiger partial charge in [-0.15, -0.1) is 8.78 Å². The van der Waals surface area contributed by atoms with Gasteiger partial charge in [0.1, 0.15) is 6.42 Å². The van der Waals surface area contributed by atoms with Crippen LogP contribution in [0.4, 0.5) is 8.78 Å². The molecule has 0 unspecified atom stereocenters. The summed E-state index contributed by atoms with van der Waals surface area (Å²) in [7, 11) is 0. The molecule has 1 aliphatic rings. The summed E-state index contributed by atoms with van der Waals surface area (Å²) in [5.74, 6) is -2.55. The predicted molar refractivity (Wildman–Crippen MR) is 21.7 cm³/mol. The summed E-state index contributed by atoms with van der Waals surface area (Å²) in [6, 6.07) is 0. The molecule has 0 bridgehead atoms. The molecular formula is C4H2F2O4. The van der Waals surface area contributed by atoms with Gasteiger partial charge >= 0.3 is 18.2 Å². The third-order valence-corrected chi connectivity index (χ3v) is 0.754. The number of hydrogen-bond donors (Lipinski definition) is 0. The molecule has 0 aliphatic carbocycles. The molecule has 0 aromatic rings. The summed E-state index contributed by atoms with van der Waals surface area (Å²) in [6.07, 6.45) is -4.83. The van der Waals surface area contributed by atoms with Crippen LogP contribution < -0.4 is 0 Å². The number of esters is 2. The Morgan fingerprint density at radius 1 is 1.20 bits per heavy atom. The first-order valence-corrected chi connectivity index (χ1v) is 2.31. The molecule has 56 valence electrons. The third-order valence-electron chi connectivity index (χ3n) is 0.754. The van der Waals surface area contributed by atoms with Gasteiger partial charge in [0.15, 0.2) is 0 Å². The molecule has 10 heavy (non-hydrogen) atoms. The van der Waals surface area contributed by atoms with Crippen molar-refractivity contribution >= 4 is 11.9 Å². The fraction of sp³-hybridized carbons (Fsp3) is 0.500. The van der Waals surface area contributed by atoms with Crippen molar-refractivity contribution in [3.8, 4) is 0 Å². The number of carbonyl (C=O) groups excluding carboxylic acids is 2. The summed E-state index contributed by atoms with van der Waals surface area (Å²) in [4.78, 5) is 20.2. The molecular weight excluding hydrogens is 150 g/mol. The number of rotatable bonds is 0. The van der Waals surface area contributed by atoms with E-state index in [1.165, 1.54) is 0 Å². The van der Waals surface area contributed by atoms with Crippen LogP contribution >= 0.6 is 0 Å². The van der Waals surface area contributed by atoms with Gasteiger partial charge in [0.2, 0.25) is 0 Å². The first-order valence-electron chi connectivity index (χ1n) is 2.31. The largest absolute Gasteiger partial charge is 0.590 e. The van der Waals surface area contributed by atoms with Crippen molar-refractivity contribution in [2.45, 2.75) is 12.7 Å².